The van der Waals surface area contributed by atoms with Crippen molar-refractivity contribution in [3.05, 3.63) is 10.1 Å². The predicted molar refractivity (Wildman–Crippen MR) is 52.4 cm³/mol. The van der Waals surface area contributed by atoms with Crippen molar-refractivity contribution in [1.82, 2.24) is 0 Å². The maximum atomic E-state index is 11.2. The van der Waals surface area contributed by atoms with Gasteiger partial charge < -0.3 is 0 Å². The van der Waals surface area contributed by atoms with Gasteiger partial charge in [0.25, 0.3) is 0 Å². The van der Waals surface area contributed by atoms with E-state index in [0.29, 0.717) is 11.8 Å². The van der Waals surface area contributed by atoms with Crippen LogP contribution in [0.25, 0.3) is 0 Å². The Bertz CT molecular complexity index is 259. The molecule has 4 aliphatic rings. The minimum Gasteiger partial charge on any atom is -0.264 e. The highest BCUT2D eigenvalue weighted by Crippen LogP contribution is 2.59. The predicted octanol–water partition coefficient (Wildman–Crippen LogP) is 2.48. The molecule has 0 aliphatic heterocycles. The van der Waals surface area contributed by atoms with E-state index in [1.807, 2.05) is 6.92 Å². The second-order valence-electron chi connectivity index (χ2n) is 5.79. The Labute approximate surface area is 84.0 Å². The van der Waals surface area contributed by atoms with Gasteiger partial charge in [0.1, 0.15) is 0 Å². The Balaban J connectivity index is 1.98. The molecule has 4 saturated carbocycles. The van der Waals surface area contributed by atoms with E-state index in [1.165, 1.54) is 6.42 Å². The molecule has 0 radical (unpaired) electrons. The molecule has 0 spiro atoms. The van der Waals surface area contributed by atoms with E-state index in [9.17, 15) is 10.1 Å². The van der Waals surface area contributed by atoms with Crippen molar-refractivity contribution in [2.75, 3.05) is 0 Å². The Morgan fingerprint density at radius 3 is 1.86 bits per heavy atom. The lowest BCUT2D eigenvalue weighted by molar-refractivity contribution is -0.598. The van der Waals surface area contributed by atoms with Gasteiger partial charge in [-0.05, 0) is 43.9 Å². The number of hydrogen-bond donors (Lipinski definition) is 0. The highest BCUT2D eigenvalue weighted by atomic mass is 16.6. The normalized spacial score (nSPS) is 54.9. The molecule has 78 valence electrons. The van der Waals surface area contributed by atoms with E-state index < -0.39 is 5.54 Å². The topological polar surface area (TPSA) is 43.1 Å². The van der Waals surface area contributed by atoms with Gasteiger partial charge in [-0.3, -0.25) is 10.1 Å². The largest absolute Gasteiger partial charge is 0.264 e. The zero-order valence-corrected chi connectivity index (χ0v) is 8.61. The van der Waals surface area contributed by atoms with Crippen molar-refractivity contribution in [2.24, 2.45) is 23.7 Å². The lowest BCUT2D eigenvalue weighted by Crippen LogP contribution is -2.59. The average molecular weight is 195 g/mol. The molecule has 3 heteroatoms. The van der Waals surface area contributed by atoms with Gasteiger partial charge in [-0.2, -0.15) is 0 Å². The van der Waals surface area contributed by atoms with Gasteiger partial charge in [0, 0.05) is 23.7 Å². The fourth-order valence-corrected chi connectivity index (χ4v) is 4.44. The fraction of sp³-hybridized carbons (Fsp3) is 1.00. The first kappa shape index (κ1) is 8.69. The zero-order valence-electron chi connectivity index (χ0n) is 8.61. The van der Waals surface area contributed by atoms with Gasteiger partial charge in [0.2, 0.25) is 5.54 Å². The van der Waals surface area contributed by atoms with Crippen LogP contribution in [-0.2, 0) is 0 Å². The molecule has 0 atom stereocenters. The summed E-state index contributed by atoms with van der Waals surface area (Å²) in [5, 5.41) is 11.2. The quantitative estimate of drug-likeness (QED) is 0.476. The first-order valence-electron chi connectivity index (χ1n) is 5.75. The molecule has 0 amide bonds. The average Bonchev–Trinajstić information content (AvgIpc) is 2.12. The van der Waals surface area contributed by atoms with E-state index in [4.69, 9.17) is 0 Å². The van der Waals surface area contributed by atoms with Crippen LogP contribution >= 0.6 is 0 Å². The third-order valence-electron chi connectivity index (χ3n) is 5.18. The zero-order chi connectivity index (χ0) is 9.92. The standard InChI is InChI=1S/C11H17NO2/c1-11(12(13)14)9-3-7-2-8(5-9)6-10(11)4-7/h7-10H,2-6H2,1H3. The summed E-state index contributed by atoms with van der Waals surface area (Å²) in [6.45, 7) is 1.90. The van der Waals surface area contributed by atoms with Gasteiger partial charge in [0.05, 0.1) is 0 Å². The first-order valence-corrected chi connectivity index (χ1v) is 5.75. The molecule has 0 aromatic heterocycles. The number of nitrogens with zero attached hydrogens (tertiary/aromatic N) is 1. The summed E-state index contributed by atoms with van der Waals surface area (Å²) in [5.74, 6) is 2.42. The van der Waals surface area contributed by atoms with Gasteiger partial charge >= 0.3 is 0 Å². The molecule has 0 aromatic rings. The van der Waals surface area contributed by atoms with Gasteiger partial charge in [-0.15, -0.1) is 0 Å². The summed E-state index contributed by atoms with van der Waals surface area (Å²) >= 11 is 0. The molecule has 4 bridgehead atoms. The molecule has 4 rings (SSSR count). The van der Waals surface area contributed by atoms with Crippen molar-refractivity contribution in [3.8, 4) is 0 Å². The Morgan fingerprint density at radius 1 is 1.07 bits per heavy atom. The number of rotatable bonds is 1. The van der Waals surface area contributed by atoms with E-state index in [2.05, 4.69) is 0 Å². The summed E-state index contributed by atoms with van der Waals surface area (Å²) in [7, 11) is 0. The van der Waals surface area contributed by atoms with Crippen LogP contribution in [0, 0.1) is 33.8 Å². The van der Waals surface area contributed by atoms with Crippen LogP contribution in [0.3, 0.4) is 0 Å². The highest BCUT2D eigenvalue weighted by molar-refractivity contribution is 5.05. The number of hydrogen-bond acceptors (Lipinski definition) is 2. The Hall–Kier alpha value is -0.600. The lowest BCUT2D eigenvalue weighted by Gasteiger charge is -2.54. The molecular formula is C11H17NO2. The maximum Gasteiger partial charge on any atom is 0.225 e. The second kappa shape index (κ2) is 2.50. The molecule has 3 nitrogen and oxygen atoms in total. The van der Waals surface area contributed by atoms with Crippen LogP contribution in [0.1, 0.15) is 39.0 Å². The van der Waals surface area contributed by atoms with Crippen molar-refractivity contribution >= 4 is 0 Å². The summed E-state index contributed by atoms with van der Waals surface area (Å²) in [4.78, 5) is 11.2. The Morgan fingerprint density at radius 2 is 1.50 bits per heavy atom. The highest BCUT2D eigenvalue weighted by Gasteiger charge is 2.62. The summed E-state index contributed by atoms with van der Waals surface area (Å²) in [5.41, 5.74) is -0.576. The van der Waals surface area contributed by atoms with Crippen LogP contribution < -0.4 is 0 Å². The van der Waals surface area contributed by atoms with E-state index in [1.54, 1.807) is 0 Å². The molecule has 0 unspecified atom stereocenters. The van der Waals surface area contributed by atoms with Crippen molar-refractivity contribution < 1.29 is 4.92 Å². The monoisotopic (exact) mass is 195 g/mol. The molecule has 0 aromatic carbocycles. The van der Waals surface area contributed by atoms with E-state index in [0.717, 1.165) is 37.5 Å². The third kappa shape index (κ3) is 0.882. The molecule has 0 N–H and O–H groups in total. The molecule has 14 heavy (non-hydrogen) atoms. The number of nitro groups is 1. The third-order valence-corrected chi connectivity index (χ3v) is 5.18. The molecule has 0 saturated heterocycles. The summed E-state index contributed by atoms with van der Waals surface area (Å²) in [6, 6.07) is 0. The minimum atomic E-state index is -0.576. The minimum absolute atomic E-state index is 0.0279. The summed E-state index contributed by atoms with van der Waals surface area (Å²) in [6.07, 6.45) is 5.88. The molecule has 0 heterocycles. The lowest BCUT2D eigenvalue weighted by atomic mass is 9.49. The van der Waals surface area contributed by atoms with Crippen molar-refractivity contribution in [1.29, 1.82) is 0 Å². The van der Waals surface area contributed by atoms with Crippen LogP contribution in [0.4, 0.5) is 0 Å². The van der Waals surface area contributed by atoms with E-state index >= 15 is 0 Å². The van der Waals surface area contributed by atoms with Crippen LogP contribution in [0.15, 0.2) is 0 Å². The Kier molecular flexibility index (Phi) is 1.55. The van der Waals surface area contributed by atoms with Crippen LogP contribution in [0.5, 0.6) is 0 Å². The first-order chi connectivity index (χ1) is 6.60. The molecule has 4 aliphatic carbocycles. The van der Waals surface area contributed by atoms with Crippen molar-refractivity contribution in [2.45, 2.75) is 44.6 Å². The summed E-state index contributed by atoms with van der Waals surface area (Å²) < 4.78 is 0. The molecule has 4 fully saturated rings. The van der Waals surface area contributed by atoms with Crippen molar-refractivity contribution in [3.63, 3.8) is 0 Å². The van der Waals surface area contributed by atoms with E-state index in [-0.39, 0.29) is 4.92 Å². The molecular weight excluding hydrogens is 178 g/mol. The van der Waals surface area contributed by atoms with Crippen LogP contribution in [-0.4, -0.2) is 10.5 Å². The van der Waals surface area contributed by atoms with Gasteiger partial charge in [-0.1, -0.05) is 0 Å². The fourth-order valence-electron chi connectivity index (χ4n) is 4.44. The smallest absolute Gasteiger partial charge is 0.225 e. The second-order valence-corrected chi connectivity index (χ2v) is 5.79. The maximum absolute atomic E-state index is 11.2. The van der Waals surface area contributed by atoms with Crippen LogP contribution in [0.2, 0.25) is 0 Å². The van der Waals surface area contributed by atoms with Gasteiger partial charge in [-0.25, -0.2) is 0 Å². The van der Waals surface area contributed by atoms with Gasteiger partial charge in [0.15, 0.2) is 0 Å². The SMILES string of the molecule is CC1([N+](=O)[O-])C2CC3CC(C2)CC1C3.